The van der Waals surface area contributed by atoms with Gasteiger partial charge in [-0.1, -0.05) is 74.5 Å². The van der Waals surface area contributed by atoms with Crippen molar-refractivity contribution in [2.45, 2.75) is 45.8 Å². The summed E-state index contributed by atoms with van der Waals surface area (Å²) in [4.78, 5) is 2.57. The monoisotopic (exact) mass is 310 g/mol. The van der Waals surface area contributed by atoms with E-state index in [0.717, 1.165) is 13.1 Å². The molecular formula is C21H30N2. The molecule has 0 spiro atoms. The number of nitrogens with zero attached hydrogens (tertiary/aromatic N) is 1. The van der Waals surface area contributed by atoms with E-state index in [0.29, 0.717) is 6.04 Å². The maximum absolute atomic E-state index is 3.70. The van der Waals surface area contributed by atoms with E-state index in [9.17, 15) is 0 Å². The van der Waals surface area contributed by atoms with Gasteiger partial charge in [-0.25, -0.2) is 0 Å². The molecule has 2 heteroatoms. The Kier molecular flexibility index (Phi) is 7.85. The van der Waals surface area contributed by atoms with E-state index in [1.54, 1.807) is 0 Å². The minimum Gasteiger partial charge on any atom is -0.310 e. The van der Waals surface area contributed by atoms with Gasteiger partial charge in [-0.3, -0.25) is 4.90 Å². The quantitative estimate of drug-likeness (QED) is 0.876. The van der Waals surface area contributed by atoms with Crippen molar-refractivity contribution in [2.24, 2.45) is 0 Å². The Hall–Kier alpha value is -1.64. The summed E-state index contributed by atoms with van der Waals surface area (Å²) in [5, 5.41) is 3.70. The molecule has 1 fully saturated rings. The molecule has 0 atom stereocenters. The van der Waals surface area contributed by atoms with Crippen molar-refractivity contribution in [3.8, 4) is 0 Å². The molecule has 3 rings (SSSR count). The van der Waals surface area contributed by atoms with Crippen molar-refractivity contribution in [3.05, 3.63) is 71.8 Å². The van der Waals surface area contributed by atoms with Gasteiger partial charge in [0.25, 0.3) is 0 Å². The van der Waals surface area contributed by atoms with Crippen molar-refractivity contribution >= 4 is 0 Å². The predicted octanol–water partition coefficient (Wildman–Crippen LogP) is 4.47. The first-order valence-corrected chi connectivity index (χ1v) is 8.94. The third-order valence-corrected chi connectivity index (χ3v) is 4.27. The lowest BCUT2D eigenvalue weighted by Crippen LogP contribution is -2.41. The molecule has 0 saturated carbocycles. The van der Waals surface area contributed by atoms with Gasteiger partial charge in [0.05, 0.1) is 0 Å². The van der Waals surface area contributed by atoms with Gasteiger partial charge in [0, 0.05) is 19.1 Å². The molecule has 0 amide bonds. The number of likely N-dealkylation sites (tertiary alicyclic amines) is 1. The Bertz CT molecular complexity index is 516. The van der Waals surface area contributed by atoms with Crippen LogP contribution < -0.4 is 5.32 Å². The maximum atomic E-state index is 3.70. The lowest BCUT2D eigenvalue weighted by Gasteiger charge is -2.32. The highest BCUT2D eigenvalue weighted by molar-refractivity contribution is 5.15. The molecule has 1 saturated heterocycles. The van der Waals surface area contributed by atoms with Gasteiger partial charge in [-0.2, -0.15) is 0 Å². The van der Waals surface area contributed by atoms with E-state index in [4.69, 9.17) is 0 Å². The third kappa shape index (κ3) is 6.17. The molecule has 2 aromatic carbocycles. The average molecular weight is 310 g/mol. The maximum Gasteiger partial charge on any atom is 0.0233 e. The SMILES string of the molecule is CC.c1ccc(CNC2CCN(Cc3ccccc3)CC2)cc1. The topological polar surface area (TPSA) is 15.3 Å². The number of nitrogens with one attached hydrogen (secondary N) is 1. The zero-order valence-corrected chi connectivity index (χ0v) is 14.5. The first kappa shape index (κ1) is 17.7. The van der Waals surface area contributed by atoms with Gasteiger partial charge in [0.15, 0.2) is 0 Å². The molecule has 23 heavy (non-hydrogen) atoms. The van der Waals surface area contributed by atoms with Crippen LogP contribution in [0.4, 0.5) is 0 Å². The average Bonchev–Trinajstić information content (AvgIpc) is 2.65. The normalized spacial score (nSPS) is 15.7. The Morgan fingerprint density at radius 3 is 1.91 bits per heavy atom. The zero-order valence-electron chi connectivity index (χ0n) is 14.5. The minimum atomic E-state index is 0.664. The molecule has 0 aromatic heterocycles. The van der Waals surface area contributed by atoms with Crippen LogP contribution in [-0.4, -0.2) is 24.0 Å². The molecule has 1 aliphatic rings. The summed E-state index contributed by atoms with van der Waals surface area (Å²) >= 11 is 0. The van der Waals surface area contributed by atoms with E-state index in [2.05, 4.69) is 70.9 Å². The summed E-state index contributed by atoms with van der Waals surface area (Å²) in [6, 6.07) is 22.1. The molecule has 124 valence electrons. The van der Waals surface area contributed by atoms with E-state index in [-0.39, 0.29) is 0 Å². The van der Waals surface area contributed by atoms with Gasteiger partial charge in [-0.05, 0) is 37.1 Å². The van der Waals surface area contributed by atoms with Crippen LogP contribution in [0.15, 0.2) is 60.7 Å². The van der Waals surface area contributed by atoms with Crippen molar-refractivity contribution in [1.29, 1.82) is 0 Å². The zero-order chi connectivity index (χ0) is 16.3. The first-order chi connectivity index (χ1) is 11.4. The highest BCUT2D eigenvalue weighted by Crippen LogP contribution is 2.14. The third-order valence-electron chi connectivity index (χ3n) is 4.27. The second-order valence-electron chi connectivity index (χ2n) is 5.90. The smallest absolute Gasteiger partial charge is 0.0233 e. The molecule has 1 aliphatic heterocycles. The predicted molar refractivity (Wildman–Crippen MR) is 99.4 cm³/mol. The standard InChI is InChI=1S/C19H24N2.C2H6/c1-3-7-17(8-4-1)15-20-19-11-13-21(14-12-19)16-18-9-5-2-6-10-18;1-2/h1-10,19-20H,11-16H2;1-2H3. The van der Waals surface area contributed by atoms with Gasteiger partial charge in [0.2, 0.25) is 0 Å². The van der Waals surface area contributed by atoms with Crippen molar-refractivity contribution in [2.75, 3.05) is 13.1 Å². The fraction of sp³-hybridized carbons (Fsp3) is 0.429. The fourth-order valence-corrected chi connectivity index (χ4v) is 2.99. The van der Waals surface area contributed by atoms with Crippen LogP contribution in [0.3, 0.4) is 0 Å². The van der Waals surface area contributed by atoms with Gasteiger partial charge in [0.1, 0.15) is 0 Å². The molecule has 2 aromatic rings. The molecule has 0 bridgehead atoms. The Balaban J connectivity index is 0.000000924. The highest BCUT2D eigenvalue weighted by Gasteiger charge is 2.18. The molecule has 0 radical (unpaired) electrons. The number of benzene rings is 2. The Morgan fingerprint density at radius 1 is 0.826 bits per heavy atom. The lowest BCUT2D eigenvalue weighted by molar-refractivity contribution is 0.190. The number of hydrogen-bond acceptors (Lipinski definition) is 2. The number of rotatable bonds is 5. The Morgan fingerprint density at radius 2 is 1.35 bits per heavy atom. The number of hydrogen-bond donors (Lipinski definition) is 1. The molecule has 1 heterocycles. The van der Waals surface area contributed by atoms with Crippen LogP contribution in [-0.2, 0) is 13.1 Å². The van der Waals surface area contributed by atoms with Crippen molar-refractivity contribution in [1.82, 2.24) is 10.2 Å². The van der Waals surface area contributed by atoms with Gasteiger partial charge < -0.3 is 5.32 Å². The summed E-state index contributed by atoms with van der Waals surface area (Å²) in [5.41, 5.74) is 2.80. The van der Waals surface area contributed by atoms with Gasteiger partial charge >= 0.3 is 0 Å². The summed E-state index contributed by atoms with van der Waals surface area (Å²) < 4.78 is 0. The van der Waals surface area contributed by atoms with E-state index < -0.39 is 0 Å². The van der Waals surface area contributed by atoms with Crippen LogP contribution >= 0.6 is 0 Å². The van der Waals surface area contributed by atoms with Crippen LogP contribution in [0, 0.1) is 0 Å². The molecule has 0 aliphatic carbocycles. The second-order valence-corrected chi connectivity index (χ2v) is 5.90. The molecule has 2 nitrogen and oxygen atoms in total. The molecular weight excluding hydrogens is 280 g/mol. The lowest BCUT2D eigenvalue weighted by atomic mass is 10.0. The van der Waals surface area contributed by atoms with E-state index in [1.807, 2.05) is 13.8 Å². The van der Waals surface area contributed by atoms with Crippen LogP contribution in [0.2, 0.25) is 0 Å². The minimum absolute atomic E-state index is 0.664. The van der Waals surface area contributed by atoms with E-state index in [1.165, 1.54) is 37.1 Å². The van der Waals surface area contributed by atoms with E-state index >= 15 is 0 Å². The number of piperidine rings is 1. The molecule has 0 unspecified atom stereocenters. The second kappa shape index (κ2) is 10.2. The van der Waals surface area contributed by atoms with Crippen molar-refractivity contribution < 1.29 is 0 Å². The summed E-state index contributed by atoms with van der Waals surface area (Å²) in [6.45, 7) is 8.47. The summed E-state index contributed by atoms with van der Waals surface area (Å²) in [6.07, 6.45) is 2.50. The molecule has 1 N–H and O–H groups in total. The fourth-order valence-electron chi connectivity index (χ4n) is 2.99. The Labute approximate surface area is 141 Å². The van der Waals surface area contributed by atoms with Gasteiger partial charge in [-0.15, -0.1) is 0 Å². The highest BCUT2D eigenvalue weighted by atomic mass is 15.1. The van der Waals surface area contributed by atoms with Crippen LogP contribution in [0.25, 0.3) is 0 Å². The van der Waals surface area contributed by atoms with Crippen LogP contribution in [0.1, 0.15) is 37.8 Å². The first-order valence-electron chi connectivity index (χ1n) is 8.94. The summed E-state index contributed by atoms with van der Waals surface area (Å²) in [5.74, 6) is 0. The summed E-state index contributed by atoms with van der Waals surface area (Å²) in [7, 11) is 0. The van der Waals surface area contributed by atoms with Crippen molar-refractivity contribution in [3.63, 3.8) is 0 Å². The van der Waals surface area contributed by atoms with Crippen LogP contribution in [0.5, 0.6) is 0 Å². The largest absolute Gasteiger partial charge is 0.310 e.